The molecule has 0 amide bonds. The van der Waals surface area contributed by atoms with Gasteiger partial charge in [0.2, 0.25) is 0 Å². The van der Waals surface area contributed by atoms with Gasteiger partial charge in [0.15, 0.2) is 17.5 Å². The van der Waals surface area contributed by atoms with Crippen LogP contribution in [0.2, 0.25) is 0 Å². The summed E-state index contributed by atoms with van der Waals surface area (Å²) in [5, 5.41) is 0. The molecule has 11 heteroatoms. The first-order valence-electron chi connectivity index (χ1n) is 10.8. The SMILES string of the molecule is CCCCc1cc(F)c(C(F)(F)OC2CC=C(C(F)(F)Oc3cc(F)c(F)c(F)c3)CC2)c(F)c1. The van der Waals surface area contributed by atoms with Crippen LogP contribution in [0.25, 0.3) is 0 Å². The maximum Gasteiger partial charge on any atom is 0.422 e. The Bertz CT molecular complexity index is 1050. The molecule has 2 nitrogen and oxygen atoms in total. The number of hydrogen-bond donors (Lipinski definition) is 0. The van der Waals surface area contributed by atoms with Gasteiger partial charge in [0.25, 0.3) is 0 Å². The van der Waals surface area contributed by atoms with Crippen LogP contribution in [0.1, 0.15) is 50.2 Å². The maximum atomic E-state index is 14.6. The molecule has 0 saturated carbocycles. The molecule has 0 bridgehead atoms. The van der Waals surface area contributed by atoms with Gasteiger partial charge in [0, 0.05) is 17.7 Å². The summed E-state index contributed by atoms with van der Waals surface area (Å²) in [5.41, 5.74) is -2.04. The first-order valence-corrected chi connectivity index (χ1v) is 10.8. The van der Waals surface area contributed by atoms with Crippen LogP contribution in [-0.2, 0) is 17.3 Å². The minimum Gasteiger partial charge on any atom is -0.429 e. The highest BCUT2D eigenvalue weighted by Gasteiger charge is 2.44. The fourth-order valence-corrected chi connectivity index (χ4v) is 3.68. The summed E-state index contributed by atoms with van der Waals surface area (Å²) < 4.78 is 135. The molecule has 3 rings (SSSR count). The Kier molecular flexibility index (Phi) is 8.08. The standard InChI is InChI=1S/C24H21F9O2/c1-2-3-4-13-9-17(25)21(18(26)10-13)24(32,33)34-15-7-5-14(6-8-15)23(30,31)35-16-11-19(27)22(29)20(28)12-16/h5,9-12,15H,2-4,6-8H2,1H3. The normalized spacial score (nSPS) is 16.9. The van der Waals surface area contributed by atoms with E-state index in [1.165, 1.54) is 0 Å². The number of alkyl halides is 4. The van der Waals surface area contributed by atoms with E-state index in [4.69, 9.17) is 0 Å². The molecule has 1 atom stereocenters. The number of rotatable bonds is 9. The van der Waals surface area contributed by atoms with Crippen molar-refractivity contribution in [2.45, 2.75) is 63.8 Å². The van der Waals surface area contributed by atoms with E-state index in [0.29, 0.717) is 12.8 Å². The van der Waals surface area contributed by atoms with Crippen LogP contribution in [-0.4, -0.2) is 12.2 Å². The Morgan fingerprint density at radius 1 is 0.857 bits per heavy atom. The third-order valence-electron chi connectivity index (χ3n) is 5.47. The average Bonchev–Trinajstić information content (AvgIpc) is 2.75. The molecule has 0 radical (unpaired) electrons. The summed E-state index contributed by atoms with van der Waals surface area (Å²) in [6.45, 7) is 1.86. The number of hydrogen-bond acceptors (Lipinski definition) is 2. The van der Waals surface area contributed by atoms with Crippen molar-refractivity contribution in [2.75, 3.05) is 0 Å². The largest absolute Gasteiger partial charge is 0.429 e. The Balaban J connectivity index is 1.69. The molecule has 0 N–H and O–H groups in total. The second kappa shape index (κ2) is 10.5. The van der Waals surface area contributed by atoms with Crippen LogP contribution in [0.15, 0.2) is 35.9 Å². The van der Waals surface area contributed by atoms with E-state index in [2.05, 4.69) is 9.47 Å². The van der Waals surface area contributed by atoms with E-state index in [-0.39, 0.29) is 24.1 Å². The number of benzene rings is 2. The molecule has 1 aliphatic carbocycles. The molecule has 2 aromatic carbocycles. The van der Waals surface area contributed by atoms with E-state index in [0.717, 1.165) is 24.6 Å². The second-order valence-corrected chi connectivity index (χ2v) is 8.12. The van der Waals surface area contributed by atoms with Crippen molar-refractivity contribution >= 4 is 0 Å². The van der Waals surface area contributed by atoms with Crippen molar-refractivity contribution in [3.63, 3.8) is 0 Å². The summed E-state index contributed by atoms with van der Waals surface area (Å²) in [7, 11) is 0. The van der Waals surface area contributed by atoms with Crippen molar-refractivity contribution in [3.05, 3.63) is 76.1 Å². The molecule has 35 heavy (non-hydrogen) atoms. The molecular weight excluding hydrogens is 491 g/mol. The number of ether oxygens (including phenoxy) is 2. The molecule has 0 spiro atoms. The van der Waals surface area contributed by atoms with Crippen molar-refractivity contribution in [1.82, 2.24) is 0 Å². The molecule has 0 aliphatic heterocycles. The Morgan fingerprint density at radius 3 is 1.97 bits per heavy atom. The summed E-state index contributed by atoms with van der Waals surface area (Å²) >= 11 is 0. The zero-order valence-electron chi connectivity index (χ0n) is 18.4. The highest BCUT2D eigenvalue weighted by Crippen LogP contribution is 2.40. The Hall–Kier alpha value is -2.69. The third kappa shape index (κ3) is 6.31. The van der Waals surface area contributed by atoms with Crippen molar-refractivity contribution < 1.29 is 49.0 Å². The van der Waals surface area contributed by atoms with Gasteiger partial charge >= 0.3 is 12.2 Å². The van der Waals surface area contributed by atoms with Crippen molar-refractivity contribution in [2.24, 2.45) is 0 Å². The number of unbranched alkanes of at least 4 members (excludes halogenated alkanes) is 1. The van der Waals surface area contributed by atoms with Crippen molar-refractivity contribution in [1.29, 1.82) is 0 Å². The minimum atomic E-state index is -4.37. The van der Waals surface area contributed by atoms with E-state index in [9.17, 15) is 39.5 Å². The average molecular weight is 512 g/mol. The third-order valence-corrected chi connectivity index (χ3v) is 5.47. The molecule has 0 aromatic heterocycles. The van der Waals surface area contributed by atoms with Gasteiger partial charge < -0.3 is 9.47 Å². The molecule has 192 valence electrons. The first-order chi connectivity index (χ1) is 16.3. The van der Waals surface area contributed by atoms with Gasteiger partial charge in [0.05, 0.1) is 6.10 Å². The molecule has 1 unspecified atom stereocenters. The van der Waals surface area contributed by atoms with Gasteiger partial charge in [-0.25, -0.2) is 22.0 Å². The van der Waals surface area contributed by atoms with E-state index in [1.54, 1.807) is 0 Å². The van der Waals surface area contributed by atoms with Crippen LogP contribution in [0.3, 0.4) is 0 Å². The smallest absolute Gasteiger partial charge is 0.422 e. The first kappa shape index (κ1) is 26.9. The summed E-state index contributed by atoms with van der Waals surface area (Å²) in [4.78, 5) is 0. The summed E-state index contributed by atoms with van der Waals surface area (Å²) in [6.07, 6.45) is -8.71. The fourth-order valence-electron chi connectivity index (χ4n) is 3.68. The lowest BCUT2D eigenvalue weighted by atomic mass is 9.96. The zero-order valence-corrected chi connectivity index (χ0v) is 18.4. The van der Waals surface area contributed by atoms with Crippen LogP contribution >= 0.6 is 0 Å². The Morgan fingerprint density at radius 2 is 1.46 bits per heavy atom. The predicted octanol–water partition coefficient (Wildman–Crippen LogP) is 7.94. The monoisotopic (exact) mass is 512 g/mol. The Labute approximate surface area is 195 Å². The highest BCUT2D eigenvalue weighted by atomic mass is 19.3. The lowest BCUT2D eigenvalue weighted by Gasteiger charge is -2.29. The highest BCUT2D eigenvalue weighted by molar-refractivity contribution is 5.29. The summed E-state index contributed by atoms with van der Waals surface area (Å²) in [6, 6.07) is 2.09. The van der Waals surface area contributed by atoms with E-state index < -0.39 is 77.1 Å². The van der Waals surface area contributed by atoms with Gasteiger partial charge in [-0.15, -0.1) is 0 Å². The summed E-state index contributed by atoms with van der Waals surface area (Å²) in [5.74, 6) is -9.27. The quantitative estimate of drug-likeness (QED) is 0.193. The number of aryl methyl sites for hydroxylation is 1. The van der Waals surface area contributed by atoms with Crippen LogP contribution < -0.4 is 4.74 Å². The molecule has 0 saturated heterocycles. The molecule has 0 fully saturated rings. The topological polar surface area (TPSA) is 18.5 Å². The molecule has 1 aliphatic rings. The minimum absolute atomic E-state index is 0.217. The van der Waals surface area contributed by atoms with Crippen LogP contribution in [0.4, 0.5) is 39.5 Å². The van der Waals surface area contributed by atoms with Crippen LogP contribution in [0.5, 0.6) is 5.75 Å². The van der Waals surface area contributed by atoms with E-state index in [1.807, 2.05) is 6.92 Å². The maximum absolute atomic E-state index is 14.6. The van der Waals surface area contributed by atoms with Crippen molar-refractivity contribution in [3.8, 4) is 5.75 Å². The fraction of sp³-hybridized carbons (Fsp3) is 0.417. The van der Waals surface area contributed by atoms with E-state index >= 15 is 0 Å². The van der Waals surface area contributed by atoms with Gasteiger partial charge in [-0.3, -0.25) is 0 Å². The molecule has 2 aromatic rings. The van der Waals surface area contributed by atoms with Gasteiger partial charge in [-0.05, 0) is 49.8 Å². The molecule has 0 heterocycles. The lowest BCUT2D eigenvalue weighted by Crippen LogP contribution is -2.33. The predicted molar refractivity (Wildman–Crippen MR) is 108 cm³/mol. The molecular formula is C24H21F9O2. The van der Waals surface area contributed by atoms with Gasteiger partial charge in [0.1, 0.15) is 22.9 Å². The zero-order chi connectivity index (χ0) is 26.0. The van der Waals surface area contributed by atoms with Crippen LogP contribution in [0, 0.1) is 29.1 Å². The van der Waals surface area contributed by atoms with Gasteiger partial charge in [-0.2, -0.15) is 17.6 Å². The number of halogens is 9. The lowest BCUT2D eigenvalue weighted by molar-refractivity contribution is -0.277. The van der Waals surface area contributed by atoms with Gasteiger partial charge in [-0.1, -0.05) is 19.4 Å². The second-order valence-electron chi connectivity index (χ2n) is 8.12.